The van der Waals surface area contributed by atoms with E-state index < -0.39 is 0 Å². The van der Waals surface area contributed by atoms with Gasteiger partial charge in [0.15, 0.2) is 0 Å². The van der Waals surface area contributed by atoms with Crippen LogP contribution in [0, 0.1) is 6.07 Å². The van der Waals surface area contributed by atoms with Gasteiger partial charge in [0.2, 0.25) is 0 Å². The van der Waals surface area contributed by atoms with E-state index in [2.05, 4.69) is 30.3 Å². The third-order valence-corrected chi connectivity index (χ3v) is 1.83. The molecule has 0 unspecified atom stereocenters. The molecule has 0 nitrogen and oxygen atoms in total. The average molecular weight is 188 g/mol. The van der Waals surface area contributed by atoms with Crippen LogP contribution in [0.2, 0.25) is 0 Å². The van der Waals surface area contributed by atoms with Crippen molar-refractivity contribution >= 4 is 31.5 Å². The molecule has 62 valence electrons. The molecule has 0 atom stereocenters. The zero-order chi connectivity index (χ0) is 8.23. The van der Waals surface area contributed by atoms with Crippen LogP contribution in [0.15, 0.2) is 54.6 Å². The molecule has 0 N–H and O–H groups in total. The van der Waals surface area contributed by atoms with Gasteiger partial charge in [-0.2, -0.15) is 30.3 Å². The van der Waals surface area contributed by atoms with Crippen LogP contribution in [-0.4, -0.2) is 31.5 Å². The van der Waals surface area contributed by atoms with Crippen molar-refractivity contribution in [2.24, 2.45) is 0 Å². The van der Waals surface area contributed by atoms with Gasteiger partial charge in [-0.15, -0.1) is 5.56 Å². The van der Waals surface area contributed by atoms with Crippen molar-refractivity contribution in [3.63, 3.8) is 0 Å². The number of hydrogen-bond acceptors (Lipinski definition) is 0. The Hall–Kier alpha value is -0.729. The van der Waals surface area contributed by atoms with Gasteiger partial charge in [-0.25, -0.2) is 0 Å². The van der Waals surface area contributed by atoms with Crippen LogP contribution in [0.1, 0.15) is 0 Å². The van der Waals surface area contributed by atoms with Crippen LogP contribution < -0.4 is 0 Å². The first-order valence-corrected chi connectivity index (χ1v) is 3.98. The van der Waals surface area contributed by atoms with Crippen molar-refractivity contribution in [1.29, 1.82) is 0 Å². The summed E-state index contributed by atoms with van der Waals surface area (Å²) in [6.07, 6.45) is 0. The van der Waals surface area contributed by atoms with Crippen molar-refractivity contribution in [2.45, 2.75) is 0 Å². The van der Waals surface area contributed by atoms with Gasteiger partial charge < -0.3 is 8.41 Å². The van der Waals surface area contributed by atoms with E-state index in [4.69, 9.17) is 0 Å². The molecule has 0 heterocycles. The Morgan fingerprint density at radius 1 is 0.714 bits per heavy atom. The summed E-state index contributed by atoms with van der Waals surface area (Å²) in [5.41, 5.74) is 2.50. The predicted octanol–water partition coefficient (Wildman–Crippen LogP) is 2.39. The smallest absolute Gasteiger partial charge is 1.00 e. The van der Waals surface area contributed by atoms with Gasteiger partial charge in [0.05, 0.1) is 0 Å². The molecule has 2 aromatic rings. The first-order valence-electron chi connectivity index (χ1n) is 3.98. The summed E-state index contributed by atoms with van der Waals surface area (Å²) in [5.74, 6) is 0. The molecule has 0 saturated carbocycles. The molecule has 0 aliphatic rings. The third-order valence-electron chi connectivity index (χ3n) is 1.83. The van der Waals surface area contributed by atoms with Crippen LogP contribution >= 0.6 is 0 Å². The molecule has 0 amide bonds. The Bertz CT molecular complexity index is 308. The van der Waals surface area contributed by atoms with E-state index in [0.717, 1.165) is 0 Å². The molecule has 2 aromatic carbocycles. The summed E-state index contributed by atoms with van der Waals surface area (Å²) in [5, 5.41) is 0. The summed E-state index contributed by atoms with van der Waals surface area (Å²) in [6, 6.07) is 21.3. The van der Waals surface area contributed by atoms with E-state index >= 15 is 0 Å². The van der Waals surface area contributed by atoms with Gasteiger partial charge in [0.1, 0.15) is 0 Å². The first-order chi connectivity index (χ1) is 5.97. The molecule has 0 saturated heterocycles. The second kappa shape index (κ2) is 6.68. The summed E-state index contributed by atoms with van der Waals surface area (Å²) < 4.78 is 0. The fraction of sp³-hybridized carbons (Fsp3) is 0. The molecule has 4 radical (unpaired) electrons. The Labute approximate surface area is 103 Å². The molecule has 0 aliphatic heterocycles. The van der Waals surface area contributed by atoms with E-state index in [1.165, 1.54) is 11.1 Å². The Kier molecular flexibility index (Phi) is 6.34. The van der Waals surface area contributed by atoms with Crippen LogP contribution in [0.3, 0.4) is 0 Å². The maximum atomic E-state index is 3.00. The number of benzene rings is 2. The summed E-state index contributed by atoms with van der Waals surface area (Å²) in [7, 11) is 0. The van der Waals surface area contributed by atoms with Crippen LogP contribution in [-0.2, 0) is 0 Å². The molecular weight excluding hydrogens is 179 g/mol. The monoisotopic (exact) mass is 188 g/mol. The van der Waals surface area contributed by atoms with Crippen LogP contribution in [0.4, 0.5) is 0 Å². The Balaban J connectivity index is 0.000000845. The molecule has 2 rings (SSSR count). The molecular formula is C12H9BMg. The Morgan fingerprint density at radius 2 is 1.21 bits per heavy atom. The standard InChI is InChI=1S/C12H9.B.Mg/c1-3-7-11(8-4-1)12-9-5-2-6-10-12;;/h1,3-10H;;/q2*-1;+2. The average Bonchev–Trinajstić information content (AvgIpc) is 2.21. The summed E-state index contributed by atoms with van der Waals surface area (Å²) >= 11 is 0. The molecule has 0 aliphatic carbocycles. The SMILES string of the molecule is [B-].[Mg+2].[c-]1ccc(-c2ccccc2)cc1. The van der Waals surface area contributed by atoms with Gasteiger partial charge in [0.25, 0.3) is 0 Å². The van der Waals surface area contributed by atoms with Gasteiger partial charge in [-0.1, -0.05) is 30.3 Å². The van der Waals surface area contributed by atoms with Gasteiger partial charge >= 0.3 is 23.1 Å². The molecule has 2 heteroatoms. The molecule has 0 bridgehead atoms. The van der Waals surface area contributed by atoms with Crippen LogP contribution in [0.25, 0.3) is 11.1 Å². The Morgan fingerprint density at radius 3 is 1.79 bits per heavy atom. The normalized spacial score (nSPS) is 8.29. The summed E-state index contributed by atoms with van der Waals surface area (Å²) in [4.78, 5) is 0. The van der Waals surface area contributed by atoms with Crippen molar-refractivity contribution in [1.82, 2.24) is 0 Å². The largest absolute Gasteiger partial charge is 2.00 e. The molecule has 0 fully saturated rings. The maximum Gasteiger partial charge on any atom is 2.00 e. The maximum absolute atomic E-state index is 3.00. The second-order valence-corrected chi connectivity index (χ2v) is 2.65. The topological polar surface area (TPSA) is 0 Å². The fourth-order valence-electron chi connectivity index (χ4n) is 1.21. The van der Waals surface area contributed by atoms with E-state index in [0.29, 0.717) is 0 Å². The van der Waals surface area contributed by atoms with Crippen LogP contribution in [0.5, 0.6) is 0 Å². The zero-order valence-corrected chi connectivity index (χ0v) is 9.39. The molecule has 0 spiro atoms. The van der Waals surface area contributed by atoms with E-state index in [1.54, 1.807) is 0 Å². The van der Waals surface area contributed by atoms with Gasteiger partial charge in [-0.3, -0.25) is 0 Å². The van der Waals surface area contributed by atoms with Crippen molar-refractivity contribution in [3.8, 4) is 11.1 Å². The van der Waals surface area contributed by atoms with Gasteiger partial charge in [-0.05, 0) is 5.56 Å². The molecule has 14 heavy (non-hydrogen) atoms. The number of rotatable bonds is 1. The van der Waals surface area contributed by atoms with Gasteiger partial charge in [0, 0.05) is 0 Å². The second-order valence-electron chi connectivity index (χ2n) is 2.65. The van der Waals surface area contributed by atoms with E-state index in [9.17, 15) is 0 Å². The minimum atomic E-state index is 0. The zero-order valence-electron chi connectivity index (χ0n) is 7.98. The molecule has 0 aromatic heterocycles. The van der Waals surface area contributed by atoms with Crippen molar-refractivity contribution in [2.75, 3.05) is 0 Å². The third kappa shape index (κ3) is 3.20. The minimum Gasteiger partial charge on any atom is -1.00 e. The van der Waals surface area contributed by atoms with Crippen molar-refractivity contribution < 1.29 is 0 Å². The fourth-order valence-corrected chi connectivity index (χ4v) is 1.21. The summed E-state index contributed by atoms with van der Waals surface area (Å²) in [6.45, 7) is 0. The predicted molar refractivity (Wildman–Crippen MR) is 62.2 cm³/mol. The first kappa shape index (κ1) is 13.3. The van der Waals surface area contributed by atoms with Crippen molar-refractivity contribution in [3.05, 3.63) is 60.7 Å². The van der Waals surface area contributed by atoms with E-state index in [-0.39, 0.29) is 31.5 Å². The minimum absolute atomic E-state index is 0. The van der Waals surface area contributed by atoms with E-state index in [1.807, 2.05) is 30.3 Å². The number of hydrogen-bond donors (Lipinski definition) is 0. The quantitative estimate of drug-likeness (QED) is 0.476.